The van der Waals surface area contributed by atoms with Crippen LogP contribution < -0.4 is 10.5 Å². The molecule has 22 heavy (non-hydrogen) atoms. The van der Waals surface area contributed by atoms with Crippen LogP contribution in [-0.2, 0) is 6.42 Å². The average molecular weight is 294 g/mol. The summed E-state index contributed by atoms with van der Waals surface area (Å²) in [6.45, 7) is 0. The second-order valence-corrected chi connectivity index (χ2v) is 5.04. The van der Waals surface area contributed by atoms with E-state index in [2.05, 4.69) is 27.3 Å². The number of nitrogens with zero attached hydrogens (tertiary/aromatic N) is 2. The number of rotatable bonds is 5. The maximum atomic E-state index is 6.22. The molecule has 3 aromatic rings. The number of hydrogen-bond donors (Lipinski definition) is 2. The van der Waals surface area contributed by atoms with E-state index in [1.54, 1.807) is 7.11 Å². The molecule has 3 rings (SSSR count). The largest absolute Gasteiger partial charge is 0.496 e. The number of benzene rings is 2. The highest BCUT2D eigenvalue weighted by Crippen LogP contribution is 2.27. The van der Waals surface area contributed by atoms with Gasteiger partial charge in [0.15, 0.2) is 5.82 Å². The maximum absolute atomic E-state index is 6.22. The Morgan fingerprint density at radius 2 is 1.82 bits per heavy atom. The first kappa shape index (κ1) is 14.3. The van der Waals surface area contributed by atoms with Crippen LogP contribution in [0.4, 0.5) is 0 Å². The first-order valence-corrected chi connectivity index (χ1v) is 7.13. The highest BCUT2D eigenvalue weighted by molar-refractivity contribution is 5.63. The Morgan fingerprint density at radius 3 is 2.59 bits per heavy atom. The van der Waals surface area contributed by atoms with Crippen LogP contribution in [0, 0.1) is 0 Å². The molecule has 0 unspecified atom stereocenters. The molecule has 0 saturated heterocycles. The maximum Gasteiger partial charge on any atom is 0.184 e. The van der Waals surface area contributed by atoms with Gasteiger partial charge in [0.2, 0.25) is 0 Å². The normalized spacial score (nSPS) is 12.1. The summed E-state index contributed by atoms with van der Waals surface area (Å²) in [5.41, 5.74) is 8.24. The number of aromatic amines is 1. The first-order valence-electron chi connectivity index (χ1n) is 7.13. The van der Waals surface area contributed by atoms with Crippen molar-refractivity contribution < 1.29 is 4.74 Å². The van der Waals surface area contributed by atoms with Crippen molar-refractivity contribution >= 4 is 0 Å². The Balaban J connectivity index is 1.81. The quantitative estimate of drug-likeness (QED) is 0.758. The van der Waals surface area contributed by atoms with Gasteiger partial charge < -0.3 is 10.5 Å². The highest BCUT2D eigenvalue weighted by Gasteiger charge is 2.15. The molecule has 0 saturated carbocycles. The zero-order valence-electron chi connectivity index (χ0n) is 12.4. The third-order valence-electron chi connectivity index (χ3n) is 3.50. The highest BCUT2D eigenvalue weighted by atomic mass is 16.5. The van der Waals surface area contributed by atoms with Crippen LogP contribution in [0.1, 0.15) is 17.4 Å². The summed E-state index contributed by atoms with van der Waals surface area (Å²) in [5, 5.41) is 7.20. The van der Waals surface area contributed by atoms with E-state index in [0.717, 1.165) is 11.3 Å². The molecule has 0 bridgehead atoms. The number of ether oxygens (including phenoxy) is 1. The van der Waals surface area contributed by atoms with E-state index >= 15 is 0 Å². The van der Waals surface area contributed by atoms with Crippen molar-refractivity contribution in [1.82, 2.24) is 15.2 Å². The number of H-pyrrole nitrogens is 1. The lowest BCUT2D eigenvalue weighted by Crippen LogP contribution is -2.15. The fourth-order valence-corrected chi connectivity index (χ4v) is 2.35. The van der Waals surface area contributed by atoms with Gasteiger partial charge in [-0.2, -0.15) is 5.10 Å². The number of nitrogens with one attached hydrogen (secondary N) is 1. The number of para-hydroxylation sites is 1. The molecule has 1 aromatic heterocycles. The number of nitrogens with two attached hydrogens (primary N) is 1. The van der Waals surface area contributed by atoms with Crippen molar-refractivity contribution in [3.63, 3.8) is 0 Å². The van der Waals surface area contributed by atoms with Gasteiger partial charge in [0.05, 0.1) is 18.7 Å². The lowest BCUT2D eigenvalue weighted by molar-refractivity contribution is 0.416. The predicted molar refractivity (Wildman–Crippen MR) is 85.4 cm³/mol. The summed E-state index contributed by atoms with van der Waals surface area (Å²) in [6, 6.07) is 17.5. The van der Waals surface area contributed by atoms with Crippen molar-refractivity contribution in [2.45, 2.75) is 12.5 Å². The van der Waals surface area contributed by atoms with Crippen molar-refractivity contribution in [2.24, 2.45) is 5.73 Å². The third kappa shape index (κ3) is 2.99. The van der Waals surface area contributed by atoms with Crippen molar-refractivity contribution in [2.75, 3.05) is 7.11 Å². The Bertz CT molecular complexity index is 739. The van der Waals surface area contributed by atoms with E-state index < -0.39 is 0 Å². The fraction of sp³-hybridized carbons (Fsp3) is 0.176. The molecule has 0 aliphatic carbocycles. The zero-order valence-corrected chi connectivity index (χ0v) is 12.4. The molecule has 0 aliphatic heterocycles. The SMILES string of the molecule is COc1ccccc1-c1n[nH]c([C@H](N)Cc2ccccc2)n1. The summed E-state index contributed by atoms with van der Waals surface area (Å²) in [5.74, 6) is 2.01. The minimum atomic E-state index is -0.224. The fourth-order valence-electron chi connectivity index (χ4n) is 2.35. The third-order valence-corrected chi connectivity index (χ3v) is 3.50. The van der Waals surface area contributed by atoms with E-state index in [4.69, 9.17) is 10.5 Å². The van der Waals surface area contributed by atoms with Crippen LogP contribution in [0.25, 0.3) is 11.4 Å². The molecule has 3 N–H and O–H groups in total. The van der Waals surface area contributed by atoms with E-state index in [9.17, 15) is 0 Å². The summed E-state index contributed by atoms with van der Waals surface area (Å²) >= 11 is 0. The number of aromatic nitrogens is 3. The van der Waals surface area contributed by atoms with Gasteiger partial charge in [-0.05, 0) is 24.1 Å². The van der Waals surface area contributed by atoms with Gasteiger partial charge in [-0.25, -0.2) is 4.98 Å². The minimum absolute atomic E-state index is 0.224. The van der Waals surface area contributed by atoms with E-state index in [0.29, 0.717) is 18.1 Å². The summed E-state index contributed by atoms with van der Waals surface area (Å²) in [7, 11) is 1.63. The van der Waals surface area contributed by atoms with Crippen LogP contribution in [0.5, 0.6) is 5.75 Å². The van der Waals surface area contributed by atoms with Crippen LogP contribution in [0.3, 0.4) is 0 Å². The topological polar surface area (TPSA) is 76.8 Å². The van der Waals surface area contributed by atoms with Gasteiger partial charge in [0.1, 0.15) is 11.6 Å². The summed E-state index contributed by atoms with van der Waals surface area (Å²) in [6.07, 6.45) is 0.710. The molecule has 5 heteroatoms. The van der Waals surface area contributed by atoms with Crippen molar-refractivity contribution in [1.29, 1.82) is 0 Å². The molecule has 0 fully saturated rings. The molecular weight excluding hydrogens is 276 g/mol. The van der Waals surface area contributed by atoms with Gasteiger partial charge in [-0.15, -0.1) is 0 Å². The van der Waals surface area contributed by atoms with Crippen LogP contribution in [0.15, 0.2) is 54.6 Å². The molecule has 1 heterocycles. The smallest absolute Gasteiger partial charge is 0.184 e. The number of methoxy groups -OCH3 is 1. The van der Waals surface area contributed by atoms with Crippen LogP contribution in [-0.4, -0.2) is 22.3 Å². The summed E-state index contributed by atoms with van der Waals surface area (Å²) < 4.78 is 5.34. The molecule has 112 valence electrons. The van der Waals surface area contributed by atoms with Gasteiger partial charge in [0, 0.05) is 0 Å². The second kappa shape index (κ2) is 6.41. The summed E-state index contributed by atoms with van der Waals surface area (Å²) in [4.78, 5) is 4.51. The Morgan fingerprint density at radius 1 is 1.09 bits per heavy atom. The van der Waals surface area contributed by atoms with E-state index in [-0.39, 0.29) is 6.04 Å². The molecule has 0 aliphatic rings. The van der Waals surface area contributed by atoms with Crippen molar-refractivity contribution in [3.8, 4) is 17.1 Å². The molecule has 0 spiro atoms. The van der Waals surface area contributed by atoms with Gasteiger partial charge >= 0.3 is 0 Å². The Labute approximate surface area is 129 Å². The van der Waals surface area contributed by atoms with Crippen molar-refractivity contribution in [3.05, 3.63) is 66.0 Å². The van der Waals surface area contributed by atoms with Gasteiger partial charge in [0.25, 0.3) is 0 Å². The monoisotopic (exact) mass is 294 g/mol. The van der Waals surface area contributed by atoms with E-state index in [1.165, 1.54) is 5.56 Å². The predicted octanol–water partition coefficient (Wildman–Crippen LogP) is 2.72. The number of hydrogen-bond acceptors (Lipinski definition) is 4. The Kier molecular flexibility index (Phi) is 4.16. The molecular formula is C17H18N4O. The first-order chi connectivity index (χ1) is 10.8. The average Bonchev–Trinajstić information content (AvgIpc) is 3.05. The lowest BCUT2D eigenvalue weighted by atomic mass is 10.1. The molecule has 0 radical (unpaired) electrons. The molecule has 0 amide bonds. The molecule has 1 atom stereocenters. The second-order valence-electron chi connectivity index (χ2n) is 5.04. The standard InChI is InChI=1S/C17H18N4O/c1-22-15-10-6-5-9-13(15)16-19-17(21-20-16)14(18)11-12-7-3-2-4-8-12/h2-10,14H,11,18H2,1H3,(H,19,20,21)/t14-/m1/s1. The lowest BCUT2D eigenvalue weighted by Gasteiger charge is -2.08. The minimum Gasteiger partial charge on any atom is -0.496 e. The van der Waals surface area contributed by atoms with Gasteiger partial charge in [-0.3, -0.25) is 5.10 Å². The van der Waals surface area contributed by atoms with Crippen LogP contribution >= 0.6 is 0 Å². The zero-order chi connectivity index (χ0) is 15.4. The Hall–Kier alpha value is -2.66. The molecule has 5 nitrogen and oxygen atoms in total. The van der Waals surface area contributed by atoms with E-state index in [1.807, 2.05) is 42.5 Å². The van der Waals surface area contributed by atoms with Gasteiger partial charge in [-0.1, -0.05) is 42.5 Å². The van der Waals surface area contributed by atoms with Crippen LogP contribution in [0.2, 0.25) is 0 Å². The molecule has 2 aromatic carbocycles.